The zero-order valence-electron chi connectivity index (χ0n) is 16.3. The molecule has 0 aliphatic carbocycles. The van der Waals surface area contributed by atoms with E-state index in [4.69, 9.17) is 0 Å². The number of nitrogens with one attached hydrogen (secondary N) is 2. The van der Waals surface area contributed by atoms with Crippen LogP contribution in [0, 0.1) is 0 Å². The molecule has 7 nitrogen and oxygen atoms in total. The second-order valence-electron chi connectivity index (χ2n) is 7.01. The monoisotopic (exact) mass is 413 g/mol. The van der Waals surface area contributed by atoms with E-state index in [9.17, 15) is 18.0 Å². The van der Waals surface area contributed by atoms with Crippen molar-refractivity contribution in [3.8, 4) is 0 Å². The van der Waals surface area contributed by atoms with E-state index in [1.165, 1.54) is 12.1 Å². The van der Waals surface area contributed by atoms with Gasteiger partial charge in [-0.25, -0.2) is 13.4 Å². The Balaban J connectivity index is 1.54. The predicted octanol–water partition coefficient (Wildman–Crippen LogP) is 2.53. The minimum absolute atomic E-state index is 0.118. The van der Waals surface area contributed by atoms with Crippen LogP contribution in [0.1, 0.15) is 37.2 Å². The third-order valence-corrected chi connectivity index (χ3v) is 5.79. The largest absolute Gasteiger partial charge is 0.350 e. The Kier molecular flexibility index (Phi) is 6.12. The number of hydrogen-bond donors (Lipinski definition) is 2. The number of aromatic amines is 1. The molecule has 29 heavy (non-hydrogen) atoms. The minimum atomic E-state index is -3.24. The molecule has 1 atom stereocenters. The highest BCUT2D eigenvalue weighted by Crippen LogP contribution is 2.16. The lowest BCUT2D eigenvalue weighted by molar-refractivity contribution is -0.121. The molecule has 1 heterocycles. The second-order valence-corrected chi connectivity index (χ2v) is 9.03. The van der Waals surface area contributed by atoms with Crippen LogP contribution >= 0.6 is 0 Å². The Morgan fingerprint density at radius 1 is 1.14 bits per heavy atom. The van der Waals surface area contributed by atoms with E-state index >= 15 is 0 Å². The lowest BCUT2D eigenvalue weighted by Crippen LogP contribution is -2.26. The Morgan fingerprint density at radius 3 is 2.52 bits per heavy atom. The summed E-state index contributed by atoms with van der Waals surface area (Å²) in [5, 5.41) is 3.45. The summed E-state index contributed by atoms with van der Waals surface area (Å²) in [5.41, 5.74) is 1.29. The highest BCUT2D eigenvalue weighted by molar-refractivity contribution is 7.90. The Hall–Kier alpha value is -3.00. The van der Waals surface area contributed by atoms with E-state index in [0.29, 0.717) is 36.0 Å². The van der Waals surface area contributed by atoms with Gasteiger partial charge in [0.2, 0.25) is 5.91 Å². The van der Waals surface area contributed by atoms with E-state index in [1.807, 2.05) is 13.0 Å². The Morgan fingerprint density at radius 2 is 1.83 bits per heavy atom. The van der Waals surface area contributed by atoms with Gasteiger partial charge >= 0.3 is 0 Å². The molecule has 2 N–H and O–H groups in total. The number of benzene rings is 2. The van der Waals surface area contributed by atoms with Crippen LogP contribution in [0.15, 0.2) is 58.2 Å². The van der Waals surface area contributed by atoms with Crippen molar-refractivity contribution in [1.82, 2.24) is 15.3 Å². The average molecular weight is 413 g/mol. The first-order chi connectivity index (χ1) is 13.7. The Labute approximate surface area is 169 Å². The lowest BCUT2D eigenvalue weighted by atomic mass is 10.1. The molecule has 3 aromatic rings. The van der Waals surface area contributed by atoms with Gasteiger partial charge < -0.3 is 10.3 Å². The van der Waals surface area contributed by atoms with Crippen LogP contribution in [0.3, 0.4) is 0 Å². The van der Waals surface area contributed by atoms with Gasteiger partial charge in [0, 0.05) is 19.1 Å². The van der Waals surface area contributed by atoms with Crippen LogP contribution in [0.25, 0.3) is 10.9 Å². The van der Waals surface area contributed by atoms with Crippen molar-refractivity contribution in [2.24, 2.45) is 0 Å². The summed E-state index contributed by atoms with van der Waals surface area (Å²) in [6.07, 6.45) is 2.49. The quantitative estimate of drug-likeness (QED) is 0.619. The van der Waals surface area contributed by atoms with Crippen molar-refractivity contribution >= 4 is 26.6 Å². The van der Waals surface area contributed by atoms with Crippen LogP contribution in [-0.2, 0) is 21.1 Å². The number of para-hydroxylation sites is 1. The molecule has 0 bridgehead atoms. The number of amides is 1. The summed E-state index contributed by atoms with van der Waals surface area (Å²) < 4.78 is 23.0. The molecular formula is C21H23N3O4S. The van der Waals surface area contributed by atoms with Gasteiger partial charge in [-0.3, -0.25) is 9.59 Å². The second kappa shape index (κ2) is 8.57. The summed E-state index contributed by atoms with van der Waals surface area (Å²) in [4.78, 5) is 31.7. The van der Waals surface area contributed by atoms with Crippen LogP contribution in [0.4, 0.5) is 0 Å². The summed E-state index contributed by atoms with van der Waals surface area (Å²) in [5.74, 6) is 0.443. The highest BCUT2D eigenvalue weighted by atomic mass is 32.2. The van der Waals surface area contributed by atoms with Crippen LogP contribution in [-0.4, -0.2) is 30.5 Å². The summed E-state index contributed by atoms with van der Waals surface area (Å²) in [6, 6.07) is 13.4. The van der Waals surface area contributed by atoms with Gasteiger partial charge in [0.05, 0.1) is 21.8 Å². The SMILES string of the molecule is C[C@H](NC(=O)CCCc1nc2ccccc2c(=O)[nH]1)c1ccc(S(C)(=O)=O)cc1. The first kappa shape index (κ1) is 20.7. The van der Waals surface area contributed by atoms with Crippen molar-refractivity contribution in [2.75, 3.05) is 6.26 Å². The molecule has 0 saturated heterocycles. The summed E-state index contributed by atoms with van der Waals surface area (Å²) in [6.45, 7) is 1.84. The average Bonchev–Trinajstić information content (AvgIpc) is 2.67. The third-order valence-electron chi connectivity index (χ3n) is 4.67. The van der Waals surface area contributed by atoms with Crippen molar-refractivity contribution in [1.29, 1.82) is 0 Å². The van der Waals surface area contributed by atoms with E-state index in [0.717, 1.165) is 11.8 Å². The van der Waals surface area contributed by atoms with Crippen LogP contribution < -0.4 is 10.9 Å². The minimum Gasteiger partial charge on any atom is -0.350 e. The molecule has 0 saturated carbocycles. The molecule has 0 spiro atoms. The topological polar surface area (TPSA) is 109 Å². The summed E-state index contributed by atoms with van der Waals surface area (Å²) in [7, 11) is -3.24. The fraction of sp³-hybridized carbons (Fsp3) is 0.286. The van der Waals surface area contributed by atoms with Crippen molar-refractivity contribution in [2.45, 2.75) is 37.1 Å². The van der Waals surface area contributed by atoms with Gasteiger partial charge in [-0.2, -0.15) is 0 Å². The van der Waals surface area contributed by atoms with E-state index in [1.54, 1.807) is 30.3 Å². The molecule has 152 valence electrons. The fourth-order valence-electron chi connectivity index (χ4n) is 3.07. The third kappa shape index (κ3) is 5.29. The van der Waals surface area contributed by atoms with Gasteiger partial charge in [0.1, 0.15) is 5.82 Å². The number of fused-ring (bicyclic) bond motifs is 1. The molecule has 0 radical (unpaired) electrons. The number of aryl methyl sites for hydroxylation is 1. The molecule has 2 aromatic carbocycles. The molecule has 1 amide bonds. The number of sulfone groups is 1. The molecule has 0 aliphatic rings. The van der Waals surface area contributed by atoms with Crippen molar-refractivity contribution in [3.05, 3.63) is 70.3 Å². The smallest absolute Gasteiger partial charge is 0.258 e. The molecular weight excluding hydrogens is 390 g/mol. The fourth-order valence-corrected chi connectivity index (χ4v) is 3.70. The molecule has 0 fully saturated rings. The van der Waals surface area contributed by atoms with E-state index in [2.05, 4.69) is 15.3 Å². The maximum Gasteiger partial charge on any atom is 0.258 e. The van der Waals surface area contributed by atoms with Gasteiger partial charge in [0.25, 0.3) is 5.56 Å². The maximum absolute atomic E-state index is 12.2. The first-order valence-electron chi connectivity index (χ1n) is 9.31. The zero-order valence-corrected chi connectivity index (χ0v) is 17.1. The lowest BCUT2D eigenvalue weighted by Gasteiger charge is -2.14. The van der Waals surface area contributed by atoms with Crippen molar-refractivity contribution < 1.29 is 13.2 Å². The van der Waals surface area contributed by atoms with Crippen LogP contribution in [0.2, 0.25) is 0 Å². The standard InChI is InChI=1S/C21H23N3O4S/c1-14(15-10-12-16(13-11-15)29(2,27)28)22-20(25)9-5-8-19-23-18-7-4-3-6-17(18)21(26)24-19/h3-4,6-7,10-14H,5,8-9H2,1-2H3,(H,22,25)(H,23,24,26)/t14-/m0/s1. The van der Waals surface area contributed by atoms with Crippen LogP contribution in [0.5, 0.6) is 0 Å². The van der Waals surface area contributed by atoms with Gasteiger partial charge in [-0.1, -0.05) is 24.3 Å². The number of rotatable bonds is 7. The molecule has 3 rings (SSSR count). The number of carbonyl (C=O) groups is 1. The first-order valence-corrected chi connectivity index (χ1v) is 11.2. The van der Waals surface area contributed by atoms with Gasteiger partial charge in [0.15, 0.2) is 9.84 Å². The Bertz CT molecular complexity index is 1180. The normalized spacial score (nSPS) is 12.6. The molecule has 1 aromatic heterocycles. The van der Waals surface area contributed by atoms with Gasteiger partial charge in [-0.05, 0) is 43.2 Å². The number of carbonyl (C=O) groups excluding carboxylic acids is 1. The molecule has 0 aliphatic heterocycles. The maximum atomic E-state index is 12.2. The number of H-pyrrole nitrogens is 1. The van der Waals surface area contributed by atoms with Crippen molar-refractivity contribution in [3.63, 3.8) is 0 Å². The predicted molar refractivity (Wildman–Crippen MR) is 111 cm³/mol. The highest BCUT2D eigenvalue weighted by Gasteiger charge is 2.12. The number of hydrogen-bond acceptors (Lipinski definition) is 5. The number of aromatic nitrogens is 2. The van der Waals surface area contributed by atoms with Gasteiger partial charge in [-0.15, -0.1) is 0 Å². The van der Waals surface area contributed by atoms with E-state index in [-0.39, 0.29) is 22.4 Å². The van der Waals surface area contributed by atoms with E-state index < -0.39 is 9.84 Å². The summed E-state index contributed by atoms with van der Waals surface area (Å²) >= 11 is 0. The molecule has 8 heteroatoms. The number of nitrogens with zero attached hydrogens (tertiary/aromatic N) is 1. The molecule has 0 unspecified atom stereocenters. The zero-order chi connectivity index (χ0) is 21.0.